The standard InChI is InChI=1S/C16H24N2O/c1-12(10-13-6-3-2-4-7-13)18-16(19)15-9-5-8-14(15)11-17/h2-4,6-7,12,14-15H,5,8-11,17H2,1H3,(H,18,19). The summed E-state index contributed by atoms with van der Waals surface area (Å²) in [5, 5.41) is 3.14. The van der Waals surface area contributed by atoms with Crippen LogP contribution in [0.2, 0.25) is 0 Å². The van der Waals surface area contributed by atoms with E-state index in [0.29, 0.717) is 12.5 Å². The number of amides is 1. The molecule has 0 aromatic heterocycles. The molecular formula is C16H24N2O. The fraction of sp³-hybridized carbons (Fsp3) is 0.562. The smallest absolute Gasteiger partial charge is 0.223 e. The van der Waals surface area contributed by atoms with Gasteiger partial charge in [0.15, 0.2) is 0 Å². The fourth-order valence-electron chi connectivity index (χ4n) is 3.03. The molecule has 3 heteroatoms. The molecule has 1 aliphatic rings. The molecule has 1 aromatic carbocycles. The van der Waals surface area contributed by atoms with E-state index in [9.17, 15) is 4.79 Å². The Bertz CT molecular complexity index is 404. The second kappa shape index (κ2) is 6.71. The van der Waals surface area contributed by atoms with Crippen LogP contribution >= 0.6 is 0 Å². The molecule has 0 radical (unpaired) electrons. The van der Waals surface area contributed by atoms with Gasteiger partial charge in [0.25, 0.3) is 0 Å². The van der Waals surface area contributed by atoms with E-state index < -0.39 is 0 Å². The summed E-state index contributed by atoms with van der Waals surface area (Å²) >= 11 is 0. The van der Waals surface area contributed by atoms with Gasteiger partial charge in [0.2, 0.25) is 5.91 Å². The van der Waals surface area contributed by atoms with Crippen molar-refractivity contribution < 1.29 is 4.79 Å². The number of carbonyl (C=O) groups excluding carboxylic acids is 1. The fourth-order valence-corrected chi connectivity index (χ4v) is 3.03. The number of rotatable bonds is 5. The molecule has 0 aliphatic heterocycles. The Morgan fingerprint density at radius 2 is 2.11 bits per heavy atom. The molecule has 3 atom stereocenters. The van der Waals surface area contributed by atoms with Crippen molar-refractivity contribution in [2.24, 2.45) is 17.6 Å². The van der Waals surface area contributed by atoms with Gasteiger partial charge in [-0.2, -0.15) is 0 Å². The molecule has 3 nitrogen and oxygen atoms in total. The van der Waals surface area contributed by atoms with E-state index in [-0.39, 0.29) is 17.9 Å². The highest BCUT2D eigenvalue weighted by Crippen LogP contribution is 2.31. The third-order valence-electron chi connectivity index (χ3n) is 4.07. The average molecular weight is 260 g/mol. The van der Waals surface area contributed by atoms with Gasteiger partial charge in [-0.25, -0.2) is 0 Å². The molecule has 19 heavy (non-hydrogen) atoms. The summed E-state index contributed by atoms with van der Waals surface area (Å²) in [7, 11) is 0. The largest absolute Gasteiger partial charge is 0.353 e. The van der Waals surface area contributed by atoms with Crippen LogP contribution in [-0.2, 0) is 11.2 Å². The molecule has 1 aromatic rings. The average Bonchev–Trinajstić information content (AvgIpc) is 2.88. The molecule has 1 fully saturated rings. The van der Waals surface area contributed by atoms with Crippen molar-refractivity contribution in [3.63, 3.8) is 0 Å². The van der Waals surface area contributed by atoms with Crippen LogP contribution in [0.25, 0.3) is 0 Å². The van der Waals surface area contributed by atoms with Gasteiger partial charge in [-0.05, 0) is 44.2 Å². The minimum Gasteiger partial charge on any atom is -0.353 e. The van der Waals surface area contributed by atoms with Crippen molar-refractivity contribution in [2.75, 3.05) is 6.54 Å². The predicted molar refractivity (Wildman–Crippen MR) is 77.6 cm³/mol. The van der Waals surface area contributed by atoms with Gasteiger partial charge in [0.1, 0.15) is 0 Å². The summed E-state index contributed by atoms with van der Waals surface area (Å²) in [6.45, 7) is 2.70. The quantitative estimate of drug-likeness (QED) is 0.852. The Balaban J connectivity index is 1.85. The molecule has 0 saturated heterocycles. The first-order valence-corrected chi connectivity index (χ1v) is 7.25. The number of carbonyl (C=O) groups is 1. The van der Waals surface area contributed by atoms with Crippen molar-refractivity contribution >= 4 is 5.91 Å². The minimum atomic E-state index is 0.128. The van der Waals surface area contributed by atoms with E-state index in [0.717, 1.165) is 25.7 Å². The normalized spacial score (nSPS) is 24.1. The van der Waals surface area contributed by atoms with Crippen molar-refractivity contribution in [2.45, 2.75) is 38.6 Å². The Morgan fingerprint density at radius 1 is 1.37 bits per heavy atom. The van der Waals surface area contributed by atoms with Gasteiger partial charge in [-0.1, -0.05) is 36.8 Å². The summed E-state index contributed by atoms with van der Waals surface area (Å²) < 4.78 is 0. The SMILES string of the molecule is CC(Cc1ccccc1)NC(=O)C1CCCC1CN. The molecule has 0 bridgehead atoms. The zero-order valence-corrected chi connectivity index (χ0v) is 11.6. The van der Waals surface area contributed by atoms with Crippen molar-refractivity contribution in [1.29, 1.82) is 0 Å². The van der Waals surface area contributed by atoms with Crippen LogP contribution in [0.1, 0.15) is 31.7 Å². The number of hydrogen-bond acceptors (Lipinski definition) is 2. The minimum absolute atomic E-state index is 0.128. The highest BCUT2D eigenvalue weighted by atomic mass is 16.1. The highest BCUT2D eigenvalue weighted by Gasteiger charge is 2.32. The predicted octanol–water partition coefficient (Wildman–Crippen LogP) is 2.11. The van der Waals surface area contributed by atoms with Crippen LogP contribution < -0.4 is 11.1 Å². The number of benzene rings is 1. The van der Waals surface area contributed by atoms with Crippen molar-refractivity contribution in [3.05, 3.63) is 35.9 Å². The monoisotopic (exact) mass is 260 g/mol. The topological polar surface area (TPSA) is 55.1 Å². The summed E-state index contributed by atoms with van der Waals surface area (Å²) in [5.74, 6) is 0.698. The molecule has 1 saturated carbocycles. The maximum absolute atomic E-state index is 12.2. The zero-order valence-electron chi connectivity index (χ0n) is 11.6. The van der Waals surface area contributed by atoms with Crippen LogP contribution in [-0.4, -0.2) is 18.5 Å². The summed E-state index contributed by atoms with van der Waals surface area (Å²) in [5.41, 5.74) is 7.00. The summed E-state index contributed by atoms with van der Waals surface area (Å²) in [6, 6.07) is 10.4. The van der Waals surface area contributed by atoms with E-state index in [1.165, 1.54) is 5.56 Å². The lowest BCUT2D eigenvalue weighted by Crippen LogP contribution is -2.40. The van der Waals surface area contributed by atoms with Crippen LogP contribution in [0.5, 0.6) is 0 Å². The van der Waals surface area contributed by atoms with E-state index in [1.807, 2.05) is 18.2 Å². The summed E-state index contributed by atoms with van der Waals surface area (Å²) in [4.78, 5) is 12.2. The van der Waals surface area contributed by atoms with Gasteiger partial charge < -0.3 is 11.1 Å². The molecule has 1 aliphatic carbocycles. The van der Waals surface area contributed by atoms with E-state index in [2.05, 4.69) is 24.4 Å². The van der Waals surface area contributed by atoms with Crippen LogP contribution in [0, 0.1) is 11.8 Å². The third kappa shape index (κ3) is 3.80. The molecule has 0 spiro atoms. The lowest BCUT2D eigenvalue weighted by Gasteiger charge is -2.21. The number of hydrogen-bond donors (Lipinski definition) is 2. The molecule has 104 valence electrons. The van der Waals surface area contributed by atoms with Gasteiger partial charge >= 0.3 is 0 Å². The molecule has 1 amide bonds. The Hall–Kier alpha value is -1.35. The zero-order chi connectivity index (χ0) is 13.7. The summed E-state index contributed by atoms with van der Waals surface area (Å²) in [6.07, 6.45) is 4.10. The van der Waals surface area contributed by atoms with Gasteiger partial charge in [0.05, 0.1) is 0 Å². The van der Waals surface area contributed by atoms with Crippen LogP contribution in [0.4, 0.5) is 0 Å². The second-order valence-electron chi connectivity index (χ2n) is 5.63. The Kier molecular flexibility index (Phi) is 4.97. The number of nitrogens with one attached hydrogen (secondary N) is 1. The van der Waals surface area contributed by atoms with Crippen LogP contribution in [0.15, 0.2) is 30.3 Å². The van der Waals surface area contributed by atoms with Gasteiger partial charge in [-0.15, -0.1) is 0 Å². The first-order chi connectivity index (χ1) is 9.20. The molecule has 0 heterocycles. The van der Waals surface area contributed by atoms with E-state index >= 15 is 0 Å². The number of nitrogens with two attached hydrogens (primary N) is 1. The lowest BCUT2D eigenvalue weighted by atomic mass is 9.95. The second-order valence-corrected chi connectivity index (χ2v) is 5.63. The van der Waals surface area contributed by atoms with E-state index in [4.69, 9.17) is 5.73 Å². The highest BCUT2D eigenvalue weighted by molar-refractivity contribution is 5.79. The maximum atomic E-state index is 12.2. The van der Waals surface area contributed by atoms with Gasteiger partial charge in [0, 0.05) is 12.0 Å². The molecule has 3 unspecified atom stereocenters. The first kappa shape index (κ1) is 14.1. The van der Waals surface area contributed by atoms with Crippen molar-refractivity contribution in [3.8, 4) is 0 Å². The first-order valence-electron chi connectivity index (χ1n) is 7.25. The Labute approximate surface area is 115 Å². The lowest BCUT2D eigenvalue weighted by molar-refractivity contribution is -0.126. The third-order valence-corrected chi connectivity index (χ3v) is 4.07. The molecular weight excluding hydrogens is 236 g/mol. The Morgan fingerprint density at radius 3 is 2.79 bits per heavy atom. The maximum Gasteiger partial charge on any atom is 0.223 e. The molecule has 3 N–H and O–H groups in total. The van der Waals surface area contributed by atoms with Gasteiger partial charge in [-0.3, -0.25) is 4.79 Å². The van der Waals surface area contributed by atoms with Crippen molar-refractivity contribution in [1.82, 2.24) is 5.32 Å². The molecule has 2 rings (SSSR count). The van der Waals surface area contributed by atoms with E-state index in [1.54, 1.807) is 0 Å². The van der Waals surface area contributed by atoms with Crippen LogP contribution in [0.3, 0.4) is 0 Å².